The van der Waals surface area contributed by atoms with Gasteiger partial charge in [-0.3, -0.25) is 9.78 Å². The van der Waals surface area contributed by atoms with Gasteiger partial charge in [-0.05, 0) is 61.4 Å². The monoisotopic (exact) mass is 593 g/mol. The van der Waals surface area contributed by atoms with E-state index in [2.05, 4.69) is 10.3 Å². The van der Waals surface area contributed by atoms with E-state index < -0.39 is 30.4 Å². The SMILES string of the molecule is O=C(NC[C@H](c1cc2c(c(-c3ccc(F)cc3)n1)OC[C@H]2C(F)(F)F)C1COC1)c1cc(OC2CC2)c2ncccc2c1. The molecule has 0 bridgehead atoms. The first-order chi connectivity index (χ1) is 20.7. The summed E-state index contributed by atoms with van der Waals surface area (Å²) in [7, 11) is 0. The molecule has 2 aromatic carbocycles. The largest absolute Gasteiger partial charge is 0.490 e. The average Bonchev–Trinajstić information content (AvgIpc) is 3.67. The number of benzene rings is 2. The summed E-state index contributed by atoms with van der Waals surface area (Å²) in [6.45, 7) is 0.313. The van der Waals surface area contributed by atoms with Crippen LogP contribution in [0.2, 0.25) is 0 Å². The van der Waals surface area contributed by atoms with E-state index in [0.29, 0.717) is 41.3 Å². The van der Waals surface area contributed by atoms with Crippen LogP contribution >= 0.6 is 0 Å². The van der Waals surface area contributed by atoms with E-state index in [1.165, 1.54) is 30.3 Å². The van der Waals surface area contributed by atoms with Crippen molar-refractivity contribution in [3.63, 3.8) is 0 Å². The van der Waals surface area contributed by atoms with Gasteiger partial charge in [-0.2, -0.15) is 13.2 Å². The van der Waals surface area contributed by atoms with E-state index in [1.54, 1.807) is 24.4 Å². The number of nitrogens with zero attached hydrogens (tertiary/aromatic N) is 2. The van der Waals surface area contributed by atoms with Gasteiger partial charge in [0, 0.05) is 52.3 Å². The molecule has 2 atom stereocenters. The van der Waals surface area contributed by atoms with Gasteiger partial charge in [-0.1, -0.05) is 6.07 Å². The molecule has 1 saturated carbocycles. The van der Waals surface area contributed by atoms with Gasteiger partial charge in [0.25, 0.3) is 5.91 Å². The Morgan fingerprint density at radius 2 is 1.86 bits per heavy atom. The van der Waals surface area contributed by atoms with E-state index in [0.717, 1.165) is 18.2 Å². The minimum atomic E-state index is -4.53. The Balaban J connectivity index is 1.22. The van der Waals surface area contributed by atoms with E-state index in [4.69, 9.17) is 19.2 Å². The predicted octanol–water partition coefficient (Wildman–Crippen LogP) is 6.18. The van der Waals surface area contributed by atoms with Gasteiger partial charge in [-0.15, -0.1) is 0 Å². The molecule has 7 rings (SSSR count). The lowest BCUT2D eigenvalue weighted by atomic mass is 9.85. The summed E-state index contributed by atoms with van der Waals surface area (Å²) in [6, 6.07) is 13.9. The molecule has 2 fully saturated rings. The molecule has 1 aliphatic carbocycles. The lowest BCUT2D eigenvalue weighted by molar-refractivity contribution is -0.151. The van der Waals surface area contributed by atoms with Gasteiger partial charge in [0.15, 0.2) is 0 Å². The molecular formula is C32H27F4N3O4. The molecule has 0 spiro atoms. The molecule has 3 aliphatic rings. The summed E-state index contributed by atoms with van der Waals surface area (Å²) in [5.41, 5.74) is 2.07. The Hall–Kier alpha value is -4.25. The van der Waals surface area contributed by atoms with Crippen molar-refractivity contribution in [3.8, 4) is 22.8 Å². The van der Waals surface area contributed by atoms with Gasteiger partial charge in [0.05, 0.1) is 19.3 Å². The smallest absolute Gasteiger partial charge is 0.399 e. The topological polar surface area (TPSA) is 82.6 Å². The van der Waals surface area contributed by atoms with E-state index >= 15 is 0 Å². The van der Waals surface area contributed by atoms with E-state index in [9.17, 15) is 22.4 Å². The zero-order valence-electron chi connectivity index (χ0n) is 22.9. The summed E-state index contributed by atoms with van der Waals surface area (Å²) in [5, 5.41) is 3.73. The molecule has 1 saturated heterocycles. The standard InChI is InChI=1S/C32H27F4N3O4/c33-21-5-3-17(4-6-21)29-30-23(25(16-42-30)32(34,35)36)12-26(39-29)24(20-14-41-15-20)13-38-31(40)19-10-18-2-1-9-37-28(18)27(11-19)43-22-7-8-22/h1-6,9-12,20,22,24-25H,7-8,13-16H2,(H,38,40)/t24-,25+/m0/s1. The molecule has 1 amide bonds. The molecule has 11 heteroatoms. The van der Waals surface area contributed by atoms with Crippen LogP contribution in [0.5, 0.6) is 11.5 Å². The van der Waals surface area contributed by atoms with Crippen molar-refractivity contribution in [2.24, 2.45) is 5.92 Å². The fourth-order valence-corrected chi connectivity index (χ4v) is 5.55. The van der Waals surface area contributed by atoms with Gasteiger partial charge in [-0.25, -0.2) is 9.37 Å². The summed E-state index contributed by atoms with van der Waals surface area (Å²) in [6.07, 6.45) is -0.852. The Labute approximate surface area is 244 Å². The molecule has 4 aromatic rings. The number of nitrogens with one attached hydrogen (secondary N) is 1. The Kier molecular flexibility index (Phi) is 6.92. The number of carbonyl (C=O) groups is 1. The minimum Gasteiger partial charge on any atom is -0.490 e. The highest BCUT2D eigenvalue weighted by Crippen LogP contribution is 2.48. The molecule has 7 nitrogen and oxygen atoms in total. The lowest BCUT2D eigenvalue weighted by Gasteiger charge is -2.34. The van der Waals surface area contributed by atoms with Crippen molar-refractivity contribution in [2.45, 2.75) is 37.0 Å². The maximum absolute atomic E-state index is 14.0. The fourth-order valence-electron chi connectivity index (χ4n) is 5.55. The highest BCUT2D eigenvalue weighted by molar-refractivity contribution is 5.99. The summed E-state index contributed by atoms with van der Waals surface area (Å²) in [5.74, 6) is -2.60. The molecule has 2 aromatic heterocycles. The number of alkyl halides is 3. The summed E-state index contributed by atoms with van der Waals surface area (Å²) in [4.78, 5) is 22.6. The Morgan fingerprint density at radius 1 is 1.07 bits per heavy atom. The number of hydrogen-bond donors (Lipinski definition) is 1. The number of ether oxygens (including phenoxy) is 3. The van der Waals surface area contributed by atoms with Crippen molar-refractivity contribution in [1.29, 1.82) is 0 Å². The molecule has 1 N–H and O–H groups in total. The number of pyridine rings is 2. The first kappa shape index (κ1) is 27.6. The van der Waals surface area contributed by atoms with Crippen LogP contribution in [0.25, 0.3) is 22.2 Å². The number of fused-ring (bicyclic) bond motifs is 2. The minimum absolute atomic E-state index is 0.0164. The molecule has 222 valence electrons. The van der Waals surface area contributed by atoms with Gasteiger partial charge in [0.1, 0.15) is 41.1 Å². The zero-order chi connectivity index (χ0) is 29.7. The fraction of sp³-hybridized carbons (Fsp3) is 0.344. The highest BCUT2D eigenvalue weighted by atomic mass is 19.4. The third-order valence-electron chi connectivity index (χ3n) is 8.15. The third kappa shape index (κ3) is 5.49. The van der Waals surface area contributed by atoms with Crippen LogP contribution in [0.15, 0.2) is 60.8 Å². The second kappa shape index (κ2) is 10.8. The number of halogens is 4. The first-order valence-corrected chi connectivity index (χ1v) is 14.2. The summed E-state index contributed by atoms with van der Waals surface area (Å²) >= 11 is 0. The van der Waals surface area contributed by atoms with E-state index in [-0.39, 0.29) is 41.5 Å². The number of rotatable bonds is 8. The number of amides is 1. The van der Waals surface area contributed by atoms with Crippen molar-refractivity contribution in [3.05, 3.63) is 83.4 Å². The maximum Gasteiger partial charge on any atom is 0.399 e. The second-order valence-electron chi connectivity index (χ2n) is 11.2. The van der Waals surface area contributed by atoms with Crippen LogP contribution < -0.4 is 14.8 Å². The zero-order valence-corrected chi connectivity index (χ0v) is 22.9. The third-order valence-corrected chi connectivity index (χ3v) is 8.15. The maximum atomic E-state index is 14.0. The number of carbonyl (C=O) groups excluding carboxylic acids is 1. The average molecular weight is 594 g/mol. The predicted molar refractivity (Wildman–Crippen MR) is 149 cm³/mol. The quantitative estimate of drug-likeness (QED) is 0.246. The highest BCUT2D eigenvalue weighted by Gasteiger charge is 2.47. The Morgan fingerprint density at radius 3 is 2.56 bits per heavy atom. The molecule has 43 heavy (non-hydrogen) atoms. The van der Waals surface area contributed by atoms with Gasteiger partial charge >= 0.3 is 6.18 Å². The number of aromatic nitrogens is 2. The second-order valence-corrected chi connectivity index (χ2v) is 11.2. The van der Waals surface area contributed by atoms with Crippen LogP contribution in [0.1, 0.15) is 46.3 Å². The van der Waals surface area contributed by atoms with Crippen molar-refractivity contribution < 1.29 is 36.6 Å². The molecule has 0 unspecified atom stereocenters. The van der Waals surface area contributed by atoms with Crippen molar-refractivity contribution in [1.82, 2.24) is 15.3 Å². The molecule has 2 aliphatic heterocycles. The van der Waals surface area contributed by atoms with Gasteiger partial charge < -0.3 is 19.5 Å². The van der Waals surface area contributed by atoms with Crippen LogP contribution in [-0.2, 0) is 4.74 Å². The van der Waals surface area contributed by atoms with Gasteiger partial charge in [0.2, 0.25) is 0 Å². The normalized spacial score (nSPS) is 18.9. The lowest BCUT2D eigenvalue weighted by Crippen LogP contribution is -2.40. The van der Waals surface area contributed by atoms with Crippen LogP contribution in [0.3, 0.4) is 0 Å². The molecule has 4 heterocycles. The van der Waals surface area contributed by atoms with Crippen LogP contribution in [-0.4, -0.2) is 54.5 Å². The van der Waals surface area contributed by atoms with Crippen LogP contribution in [0, 0.1) is 11.7 Å². The van der Waals surface area contributed by atoms with Crippen LogP contribution in [0.4, 0.5) is 17.6 Å². The molecular weight excluding hydrogens is 566 g/mol. The summed E-state index contributed by atoms with van der Waals surface area (Å²) < 4.78 is 72.7. The van der Waals surface area contributed by atoms with Crippen molar-refractivity contribution >= 4 is 16.8 Å². The van der Waals surface area contributed by atoms with Crippen molar-refractivity contribution in [2.75, 3.05) is 26.4 Å². The Bertz CT molecular complexity index is 1690. The number of hydrogen-bond acceptors (Lipinski definition) is 6. The van der Waals surface area contributed by atoms with E-state index in [1.807, 2.05) is 6.07 Å². The molecule has 0 radical (unpaired) electrons. The first-order valence-electron chi connectivity index (χ1n) is 14.2.